The first kappa shape index (κ1) is 12.4. The average molecular weight is 264 g/mol. The van der Waals surface area contributed by atoms with Crippen LogP contribution in [0, 0.1) is 11.6 Å². The Morgan fingerprint density at radius 1 is 1.61 bits per heavy atom. The van der Waals surface area contributed by atoms with Gasteiger partial charge in [0.05, 0.1) is 11.6 Å². The number of hydrogen-bond donors (Lipinski definition) is 2. The van der Waals surface area contributed by atoms with E-state index in [-0.39, 0.29) is 11.9 Å². The Hall–Kier alpha value is -2.02. The van der Waals surface area contributed by atoms with Gasteiger partial charge in [0.15, 0.2) is 5.82 Å². The zero-order valence-corrected chi connectivity index (χ0v) is 10.7. The number of amides is 1. The topological polar surface area (TPSA) is 83.8 Å². The van der Waals surface area contributed by atoms with Crippen LogP contribution in [-0.2, 0) is 0 Å². The molecule has 2 heterocycles. The Balaban J connectivity index is 2.13. The van der Waals surface area contributed by atoms with Crippen molar-refractivity contribution in [3.05, 3.63) is 40.2 Å². The largest absolute Gasteiger partial charge is 0.352 e. The van der Waals surface area contributed by atoms with Crippen LogP contribution in [0.5, 0.6) is 0 Å². The first-order valence-corrected chi connectivity index (χ1v) is 5.77. The predicted octanol–water partition coefficient (Wildman–Crippen LogP) is 1.93. The highest BCUT2D eigenvalue weighted by Gasteiger charge is 2.16. The molecular weight excluding hydrogens is 252 g/mol. The fourth-order valence-corrected chi connectivity index (χ4v) is 1.66. The summed E-state index contributed by atoms with van der Waals surface area (Å²) < 4.78 is 5.25. The second-order valence-electron chi connectivity index (χ2n) is 3.78. The van der Waals surface area contributed by atoms with E-state index in [1.165, 1.54) is 0 Å². The third-order valence-electron chi connectivity index (χ3n) is 2.34. The summed E-state index contributed by atoms with van der Waals surface area (Å²) in [6.07, 6.45) is 1.67. The summed E-state index contributed by atoms with van der Waals surface area (Å²) in [6, 6.07) is 3.03. The number of carbonyl (C=O) groups excluding carboxylic acids is 1. The van der Waals surface area contributed by atoms with Gasteiger partial charge >= 0.3 is 0 Å². The van der Waals surface area contributed by atoms with Crippen LogP contribution in [0.2, 0.25) is 0 Å². The summed E-state index contributed by atoms with van der Waals surface area (Å²) in [4.78, 5) is 18.8. The van der Waals surface area contributed by atoms with E-state index in [9.17, 15) is 4.79 Å². The van der Waals surface area contributed by atoms with Gasteiger partial charge in [-0.25, -0.2) is 0 Å². The first-order valence-electron chi connectivity index (χ1n) is 5.36. The van der Waals surface area contributed by atoms with Gasteiger partial charge in [-0.1, -0.05) is 17.4 Å². The van der Waals surface area contributed by atoms with Gasteiger partial charge in [0.25, 0.3) is 5.91 Å². The molecule has 0 fully saturated rings. The van der Waals surface area contributed by atoms with Gasteiger partial charge in [0, 0.05) is 13.1 Å². The molecule has 0 aliphatic carbocycles. The molecule has 0 aromatic carbocycles. The average Bonchev–Trinajstić information content (AvgIpc) is 2.76. The summed E-state index contributed by atoms with van der Waals surface area (Å²) in [6.45, 7) is 3.47. The van der Waals surface area contributed by atoms with Gasteiger partial charge in [-0.3, -0.25) is 4.79 Å². The van der Waals surface area contributed by atoms with Crippen LogP contribution in [0.25, 0.3) is 0 Å². The van der Waals surface area contributed by atoms with Gasteiger partial charge in [-0.15, -0.1) is 0 Å². The molecular formula is C11H12N4O2S. The molecule has 94 valence electrons. The Labute approximate surface area is 108 Å². The van der Waals surface area contributed by atoms with Gasteiger partial charge in [-0.05, 0) is 19.1 Å². The summed E-state index contributed by atoms with van der Waals surface area (Å²) in [5, 5.41) is 6.51. The fourth-order valence-electron chi connectivity index (χ4n) is 1.43. The zero-order chi connectivity index (χ0) is 13.1. The standard InChI is InChI=1S/C11H12N4O2S/c1-6(9-14-7(2)17-15-9)13-10(16)8-4-3-5-12-11(8)18/h3-6H,1-2H3,(H,12,18)(H,13,16)/t6-/m0/s1. The van der Waals surface area contributed by atoms with E-state index < -0.39 is 0 Å². The van der Waals surface area contributed by atoms with E-state index in [0.717, 1.165) is 0 Å². The van der Waals surface area contributed by atoms with Crippen molar-refractivity contribution < 1.29 is 9.32 Å². The molecule has 0 aliphatic heterocycles. The molecule has 0 spiro atoms. The number of hydrogen-bond acceptors (Lipinski definition) is 5. The lowest BCUT2D eigenvalue weighted by Crippen LogP contribution is -2.27. The molecule has 18 heavy (non-hydrogen) atoms. The zero-order valence-electron chi connectivity index (χ0n) is 9.93. The van der Waals surface area contributed by atoms with Crippen LogP contribution < -0.4 is 5.32 Å². The van der Waals surface area contributed by atoms with Crippen molar-refractivity contribution in [1.82, 2.24) is 20.4 Å². The normalized spacial score (nSPS) is 12.1. The summed E-state index contributed by atoms with van der Waals surface area (Å²) in [5.41, 5.74) is 0.416. The number of carbonyl (C=O) groups is 1. The molecule has 1 amide bonds. The Morgan fingerprint density at radius 3 is 3.00 bits per heavy atom. The molecule has 2 N–H and O–H groups in total. The number of aryl methyl sites for hydroxylation is 1. The van der Waals surface area contributed by atoms with Crippen LogP contribution in [0.3, 0.4) is 0 Å². The van der Waals surface area contributed by atoms with Crippen molar-refractivity contribution in [1.29, 1.82) is 0 Å². The lowest BCUT2D eigenvalue weighted by molar-refractivity contribution is 0.0937. The maximum absolute atomic E-state index is 12.0. The number of rotatable bonds is 3. The Kier molecular flexibility index (Phi) is 3.52. The number of pyridine rings is 1. The summed E-state index contributed by atoms with van der Waals surface area (Å²) >= 11 is 5.04. The van der Waals surface area contributed by atoms with Gasteiger partial charge in [-0.2, -0.15) is 4.98 Å². The van der Waals surface area contributed by atoms with Crippen LogP contribution in [0.15, 0.2) is 22.9 Å². The van der Waals surface area contributed by atoms with Crippen molar-refractivity contribution in [3.63, 3.8) is 0 Å². The van der Waals surface area contributed by atoms with E-state index >= 15 is 0 Å². The molecule has 2 aromatic rings. The maximum Gasteiger partial charge on any atom is 0.254 e. The first-order chi connectivity index (χ1) is 8.58. The second kappa shape index (κ2) is 5.09. The maximum atomic E-state index is 12.0. The van der Waals surface area contributed by atoms with Gasteiger partial charge in [0.2, 0.25) is 5.89 Å². The molecule has 0 saturated carbocycles. The molecule has 7 heteroatoms. The SMILES string of the molecule is Cc1nc([C@H](C)NC(=O)c2ccc[nH]c2=S)no1. The lowest BCUT2D eigenvalue weighted by Gasteiger charge is -2.09. The van der Waals surface area contributed by atoms with Crippen molar-refractivity contribution in [2.45, 2.75) is 19.9 Å². The van der Waals surface area contributed by atoms with Crippen molar-refractivity contribution in [3.8, 4) is 0 Å². The quantitative estimate of drug-likeness (QED) is 0.827. The molecule has 0 unspecified atom stereocenters. The van der Waals surface area contributed by atoms with E-state index in [2.05, 4.69) is 20.4 Å². The Morgan fingerprint density at radius 2 is 2.39 bits per heavy atom. The molecule has 0 radical (unpaired) electrons. The van der Waals surface area contributed by atoms with Crippen molar-refractivity contribution in [2.75, 3.05) is 0 Å². The number of aromatic amines is 1. The molecule has 1 atom stereocenters. The van der Waals surface area contributed by atoms with Gasteiger partial charge in [0.1, 0.15) is 4.64 Å². The summed E-state index contributed by atoms with van der Waals surface area (Å²) in [7, 11) is 0. The molecule has 2 rings (SSSR count). The minimum atomic E-state index is -0.343. The second-order valence-corrected chi connectivity index (χ2v) is 4.19. The van der Waals surface area contributed by atoms with E-state index in [1.54, 1.807) is 32.2 Å². The third kappa shape index (κ3) is 2.62. The minimum absolute atomic E-state index is 0.271. The van der Waals surface area contributed by atoms with Crippen molar-refractivity contribution >= 4 is 18.1 Å². The van der Waals surface area contributed by atoms with Gasteiger partial charge < -0.3 is 14.8 Å². The fraction of sp³-hybridized carbons (Fsp3) is 0.273. The monoisotopic (exact) mass is 264 g/mol. The molecule has 0 bridgehead atoms. The van der Waals surface area contributed by atoms with E-state index in [0.29, 0.717) is 21.9 Å². The number of nitrogens with zero attached hydrogens (tertiary/aromatic N) is 2. The lowest BCUT2D eigenvalue weighted by atomic mass is 10.2. The van der Waals surface area contributed by atoms with E-state index in [1.807, 2.05) is 0 Å². The number of aromatic nitrogens is 3. The number of H-pyrrole nitrogens is 1. The smallest absolute Gasteiger partial charge is 0.254 e. The number of nitrogens with one attached hydrogen (secondary N) is 2. The third-order valence-corrected chi connectivity index (χ3v) is 2.68. The molecule has 0 saturated heterocycles. The Bertz CT molecular complexity index is 619. The van der Waals surface area contributed by atoms with Crippen LogP contribution in [0.4, 0.5) is 0 Å². The van der Waals surface area contributed by atoms with E-state index in [4.69, 9.17) is 16.7 Å². The highest BCUT2D eigenvalue weighted by Crippen LogP contribution is 2.09. The highest BCUT2D eigenvalue weighted by atomic mass is 32.1. The highest BCUT2D eigenvalue weighted by molar-refractivity contribution is 7.71. The molecule has 2 aromatic heterocycles. The summed E-state index contributed by atoms with van der Waals surface area (Å²) in [5.74, 6) is 0.626. The van der Waals surface area contributed by atoms with Crippen LogP contribution in [-0.4, -0.2) is 21.0 Å². The van der Waals surface area contributed by atoms with Crippen molar-refractivity contribution in [2.24, 2.45) is 0 Å². The van der Waals surface area contributed by atoms with Crippen LogP contribution >= 0.6 is 12.2 Å². The predicted molar refractivity (Wildman–Crippen MR) is 66.5 cm³/mol. The molecule has 0 aliphatic rings. The van der Waals surface area contributed by atoms with Crippen LogP contribution in [0.1, 0.15) is 35.0 Å². The molecule has 6 nitrogen and oxygen atoms in total. The minimum Gasteiger partial charge on any atom is -0.352 e.